The molecule has 0 saturated carbocycles. The molecule has 0 amide bonds. The van der Waals surface area contributed by atoms with Crippen molar-refractivity contribution in [3.05, 3.63) is 44.9 Å². The summed E-state index contributed by atoms with van der Waals surface area (Å²) < 4.78 is 14.1. The van der Waals surface area contributed by atoms with Crippen LogP contribution in [0.5, 0.6) is 0 Å². The van der Waals surface area contributed by atoms with Crippen LogP contribution in [-0.2, 0) is 0 Å². The highest BCUT2D eigenvalue weighted by Gasteiger charge is 2.12. The van der Waals surface area contributed by atoms with E-state index in [0.29, 0.717) is 5.52 Å². The van der Waals surface area contributed by atoms with Gasteiger partial charge in [0.2, 0.25) is 0 Å². The van der Waals surface area contributed by atoms with E-state index in [9.17, 15) is 14.0 Å². The second-order valence-corrected chi connectivity index (χ2v) is 3.76. The van der Waals surface area contributed by atoms with E-state index in [-0.39, 0.29) is 5.39 Å². The minimum Gasteiger partial charge on any atom is -0.307 e. The van der Waals surface area contributed by atoms with Crippen molar-refractivity contribution in [2.24, 2.45) is 0 Å². The largest absolute Gasteiger partial charge is 0.330 e. The molecule has 1 atom stereocenters. The van der Waals surface area contributed by atoms with Crippen LogP contribution >= 0.6 is 0 Å². The Bertz CT molecular complexity index is 674. The number of hydrogen-bond acceptors (Lipinski definition) is 3. The van der Waals surface area contributed by atoms with Gasteiger partial charge in [0.25, 0.3) is 5.56 Å². The maximum Gasteiger partial charge on any atom is 0.330 e. The summed E-state index contributed by atoms with van der Waals surface area (Å²) in [6.45, 7) is 1.67. The molecule has 2 rings (SSSR count). The highest BCUT2D eigenvalue weighted by atomic mass is 19.1. The number of aromatic nitrogens is 2. The van der Waals surface area contributed by atoms with Crippen molar-refractivity contribution < 1.29 is 4.39 Å². The molecular weight excluding hydrogens is 225 g/mol. The first kappa shape index (κ1) is 11.5. The van der Waals surface area contributed by atoms with E-state index in [0.717, 1.165) is 10.6 Å². The molecule has 17 heavy (non-hydrogen) atoms. The van der Waals surface area contributed by atoms with Gasteiger partial charge in [0.05, 0.1) is 17.1 Å². The van der Waals surface area contributed by atoms with Crippen molar-refractivity contribution in [1.29, 1.82) is 0 Å². The van der Waals surface area contributed by atoms with Gasteiger partial charge in [-0.2, -0.15) is 0 Å². The topological polar surface area (TPSA) is 66.9 Å². The number of H-pyrrole nitrogens is 1. The van der Waals surface area contributed by atoms with E-state index in [1.54, 1.807) is 14.0 Å². The van der Waals surface area contributed by atoms with Gasteiger partial charge in [0, 0.05) is 0 Å². The second-order valence-electron chi connectivity index (χ2n) is 3.76. The first-order chi connectivity index (χ1) is 8.04. The number of aromatic amines is 1. The normalized spacial score (nSPS) is 12.9. The maximum absolute atomic E-state index is 13.1. The summed E-state index contributed by atoms with van der Waals surface area (Å²) >= 11 is 0. The van der Waals surface area contributed by atoms with E-state index in [1.165, 1.54) is 12.1 Å². The minimum atomic E-state index is -0.518. The lowest BCUT2D eigenvalue weighted by molar-refractivity contribution is 0.447. The number of nitrogens with zero attached hydrogens (tertiary/aromatic N) is 1. The zero-order valence-electron chi connectivity index (χ0n) is 9.45. The van der Waals surface area contributed by atoms with Crippen LogP contribution in [0.2, 0.25) is 0 Å². The zero-order valence-corrected chi connectivity index (χ0v) is 9.45. The second kappa shape index (κ2) is 4.14. The maximum atomic E-state index is 13.1. The fraction of sp³-hybridized carbons (Fsp3) is 0.273. The molecule has 0 aliphatic carbocycles. The van der Waals surface area contributed by atoms with Crippen LogP contribution in [0.1, 0.15) is 13.1 Å². The summed E-state index contributed by atoms with van der Waals surface area (Å²) in [5, 5.41) is 2.95. The molecule has 6 heteroatoms. The van der Waals surface area contributed by atoms with Gasteiger partial charge in [0.1, 0.15) is 5.82 Å². The van der Waals surface area contributed by atoms with E-state index >= 15 is 0 Å². The molecule has 0 bridgehead atoms. The number of halogens is 1. The Morgan fingerprint density at radius 2 is 2.12 bits per heavy atom. The third-order valence-corrected chi connectivity index (χ3v) is 2.70. The van der Waals surface area contributed by atoms with Crippen LogP contribution in [0.25, 0.3) is 10.9 Å². The van der Waals surface area contributed by atoms with Crippen molar-refractivity contribution >= 4 is 10.9 Å². The van der Waals surface area contributed by atoms with Crippen LogP contribution in [0.3, 0.4) is 0 Å². The first-order valence-corrected chi connectivity index (χ1v) is 5.16. The number of nitrogens with one attached hydrogen (secondary N) is 2. The highest BCUT2D eigenvalue weighted by Crippen LogP contribution is 2.07. The SMILES string of the molecule is CNC(C)n1c(=O)[nH]c2ccc(F)cc2c1=O. The van der Waals surface area contributed by atoms with Crippen LogP contribution in [-0.4, -0.2) is 16.6 Å². The van der Waals surface area contributed by atoms with Crippen molar-refractivity contribution in [3.8, 4) is 0 Å². The van der Waals surface area contributed by atoms with Crippen LogP contribution < -0.4 is 16.6 Å². The summed E-state index contributed by atoms with van der Waals surface area (Å²) in [6, 6.07) is 3.69. The van der Waals surface area contributed by atoms with Crippen LogP contribution in [0.4, 0.5) is 4.39 Å². The summed E-state index contributed by atoms with van der Waals surface area (Å²) in [7, 11) is 1.63. The van der Waals surface area contributed by atoms with Crippen LogP contribution in [0, 0.1) is 5.82 Å². The van der Waals surface area contributed by atoms with Gasteiger partial charge in [-0.25, -0.2) is 13.8 Å². The van der Waals surface area contributed by atoms with E-state index in [4.69, 9.17) is 0 Å². The Kier molecular flexibility index (Phi) is 2.81. The first-order valence-electron chi connectivity index (χ1n) is 5.16. The Morgan fingerprint density at radius 3 is 2.76 bits per heavy atom. The van der Waals surface area contributed by atoms with Crippen molar-refractivity contribution in [2.45, 2.75) is 13.1 Å². The molecule has 5 nitrogen and oxygen atoms in total. The van der Waals surface area contributed by atoms with Crippen molar-refractivity contribution in [1.82, 2.24) is 14.9 Å². The Morgan fingerprint density at radius 1 is 1.41 bits per heavy atom. The Labute approximate surface area is 95.9 Å². The van der Waals surface area contributed by atoms with E-state index < -0.39 is 23.2 Å². The lowest BCUT2D eigenvalue weighted by Gasteiger charge is -2.13. The highest BCUT2D eigenvalue weighted by molar-refractivity contribution is 5.77. The summed E-state index contributed by atoms with van der Waals surface area (Å²) in [6.07, 6.45) is -0.459. The average Bonchev–Trinajstić information content (AvgIpc) is 2.30. The van der Waals surface area contributed by atoms with Gasteiger partial charge in [-0.05, 0) is 32.2 Å². The zero-order chi connectivity index (χ0) is 12.6. The van der Waals surface area contributed by atoms with Gasteiger partial charge in [-0.3, -0.25) is 4.79 Å². The fourth-order valence-corrected chi connectivity index (χ4v) is 1.68. The van der Waals surface area contributed by atoms with Gasteiger partial charge in [-0.15, -0.1) is 0 Å². The third-order valence-electron chi connectivity index (χ3n) is 2.70. The molecule has 0 saturated heterocycles. The minimum absolute atomic E-state index is 0.159. The molecule has 1 aromatic carbocycles. The van der Waals surface area contributed by atoms with E-state index in [1.807, 2.05) is 0 Å². The molecule has 0 aliphatic rings. The molecule has 1 heterocycles. The monoisotopic (exact) mass is 237 g/mol. The Hall–Kier alpha value is -1.95. The number of benzene rings is 1. The lowest BCUT2D eigenvalue weighted by atomic mass is 10.2. The Balaban J connectivity index is 2.88. The predicted octanol–water partition coefficient (Wildman–Crippen LogP) is 0.567. The van der Waals surface area contributed by atoms with Gasteiger partial charge >= 0.3 is 5.69 Å². The lowest BCUT2D eigenvalue weighted by Crippen LogP contribution is -2.41. The molecule has 0 spiro atoms. The van der Waals surface area contributed by atoms with Crippen LogP contribution in [0.15, 0.2) is 27.8 Å². The molecule has 2 N–H and O–H groups in total. The standard InChI is InChI=1S/C11H12FN3O2/c1-6(13-2)15-10(16)8-5-7(12)3-4-9(8)14-11(15)17/h3-6,13H,1-2H3,(H,14,17). The predicted molar refractivity (Wildman–Crippen MR) is 62.6 cm³/mol. The fourth-order valence-electron chi connectivity index (χ4n) is 1.68. The quantitative estimate of drug-likeness (QED) is 0.802. The molecule has 90 valence electrons. The summed E-state index contributed by atoms with van der Waals surface area (Å²) in [4.78, 5) is 26.3. The van der Waals surface area contributed by atoms with Gasteiger partial charge in [0.15, 0.2) is 0 Å². The summed E-state index contributed by atoms with van der Waals surface area (Å²) in [5.41, 5.74) is -0.693. The molecule has 1 unspecified atom stereocenters. The smallest absolute Gasteiger partial charge is 0.307 e. The number of fused-ring (bicyclic) bond motifs is 1. The molecule has 0 radical (unpaired) electrons. The molecule has 1 aromatic heterocycles. The van der Waals surface area contributed by atoms with Gasteiger partial charge < -0.3 is 10.3 Å². The van der Waals surface area contributed by atoms with E-state index in [2.05, 4.69) is 10.3 Å². The van der Waals surface area contributed by atoms with Gasteiger partial charge in [-0.1, -0.05) is 0 Å². The number of rotatable bonds is 2. The molecule has 0 fully saturated rings. The number of hydrogen-bond donors (Lipinski definition) is 2. The average molecular weight is 237 g/mol. The third kappa shape index (κ3) is 1.87. The summed E-state index contributed by atoms with van der Waals surface area (Å²) in [5.74, 6) is -0.509. The molecule has 0 aliphatic heterocycles. The molecular formula is C11H12FN3O2. The molecule has 2 aromatic rings. The van der Waals surface area contributed by atoms with Crippen molar-refractivity contribution in [2.75, 3.05) is 7.05 Å². The van der Waals surface area contributed by atoms with Crippen molar-refractivity contribution in [3.63, 3.8) is 0 Å².